The first-order valence-electron chi connectivity index (χ1n) is 13.9. The number of unbranched alkanes of at least 4 members (excludes halogenated alkanes) is 15. The smallest absolute Gasteiger partial charge is 0.221 e. The first kappa shape index (κ1) is 32.4. The lowest BCUT2D eigenvalue weighted by molar-refractivity contribution is -0.870. The maximum Gasteiger partial charge on any atom is 0.221 e. The third-order valence-electron chi connectivity index (χ3n) is 6.28. The molecule has 0 radical (unpaired) electrons. The Labute approximate surface area is 207 Å². The fraction of sp³-hybridized carbons (Fsp3) is 0.963. The Bertz CT molecular complexity index is 556. The number of hydrogen-bond donors (Lipinski definition) is 1. The van der Waals surface area contributed by atoms with Crippen LogP contribution >= 0.6 is 0 Å². The number of rotatable bonds is 24. The average Bonchev–Trinajstić information content (AvgIpc) is 2.74. The molecule has 0 fully saturated rings. The molecule has 5 nitrogen and oxygen atoms in total. The van der Waals surface area contributed by atoms with Gasteiger partial charge in [0.1, 0.15) is 0 Å². The summed E-state index contributed by atoms with van der Waals surface area (Å²) < 4.78 is 25.2. The van der Waals surface area contributed by atoms with Gasteiger partial charge in [0.2, 0.25) is 5.91 Å². The minimum Gasteiger partial charge on any atom is -0.356 e. The van der Waals surface area contributed by atoms with E-state index < -0.39 is 9.84 Å². The first-order valence-corrected chi connectivity index (χ1v) is 15.8. The maximum absolute atomic E-state index is 12.2. The molecule has 0 aliphatic carbocycles. The van der Waals surface area contributed by atoms with Crippen molar-refractivity contribution in [2.45, 2.75) is 122 Å². The number of carbonyl (C=O) groups excluding carboxylic acids is 1. The van der Waals surface area contributed by atoms with Gasteiger partial charge in [0, 0.05) is 19.4 Å². The van der Waals surface area contributed by atoms with E-state index in [2.05, 4.69) is 33.4 Å². The molecule has 1 amide bonds. The highest BCUT2D eigenvalue weighted by Gasteiger charge is 2.13. The van der Waals surface area contributed by atoms with Crippen LogP contribution in [0.5, 0.6) is 0 Å². The van der Waals surface area contributed by atoms with E-state index in [1.807, 2.05) is 0 Å². The number of nitrogens with one attached hydrogen (secondary N) is 1. The summed E-state index contributed by atoms with van der Waals surface area (Å²) in [4.78, 5) is 11.9. The normalized spacial score (nSPS) is 12.2. The van der Waals surface area contributed by atoms with Gasteiger partial charge in [-0.15, -0.1) is 0 Å². The molecule has 0 aromatic heterocycles. The minimum atomic E-state index is -3.11. The fourth-order valence-electron chi connectivity index (χ4n) is 4.09. The molecule has 0 aromatic rings. The van der Waals surface area contributed by atoms with Crippen LogP contribution in [0.1, 0.15) is 122 Å². The van der Waals surface area contributed by atoms with Crippen LogP contribution in [-0.2, 0) is 14.6 Å². The lowest BCUT2D eigenvalue weighted by Crippen LogP contribution is -2.37. The quantitative estimate of drug-likeness (QED) is 0.128. The minimum absolute atomic E-state index is 0.0209. The van der Waals surface area contributed by atoms with Crippen molar-refractivity contribution in [3.63, 3.8) is 0 Å². The second-order valence-electron chi connectivity index (χ2n) is 10.9. The van der Waals surface area contributed by atoms with Gasteiger partial charge in [-0.3, -0.25) is 4.79 Å². The highest BCUT2D eigenvalue weighted by atomic mass is 32.2. The lowest BCUT2D eigenvalue weighted by atomic mass is 10.0. The van der Waals surface area contributed by atoms with Crippen molar-refractivity contribution in [1.29, 1.82) is 0 Å². The molecule has 0 aliphatic rings. The Balaban J connectivity index is 3.46. The maximum atomic E-state index is 12.2. The predicted molar refractivity (Wildman–Crippen MR) is 143 cm³/mol. The van der Waals surface area contributed by atoms with E-state index in [1.165, 1.54) is 83.5 Å². The van der Waals surface area contributed by atoms with Crippen LogP contribution in [0.15, 0.2) is 0 Å². The van der Waals surface area contributed by atoms with E-state index in [-0.39, 0.29) is 23.8 Å². The van der Waals surface area contributed by atoms with E-state index in [4.69, 9.17) is 0 Å². The van der Waals surface area contributed by atoms with Gasteiger partial charge in [0.25, 0.3) is 0 Å². The molecule has 0 spiro atoms. The highest BCUT2D eigenvalue weighted by Crippen LogP contribution is 2.14. The molecular formula is C27H57N2O3S+. The Kier molecular flexibility index (Phi) is 20.3. The van der Waals surface area contributed by atoms with Gasteiger partial charge >= 0.3 is 0 Å². The first-order chi connectivity index (χ1) is 15.7. The van der Waals surface area contributed by atoms with Gasteiger partial charge in [-0.05, 0) is 6.42 Å². The van der Waals surface area contributed by atoms with Crippen molar-refractivity contribution in [3.05, 3.63) is 0 Å². The van der Waals surface area contributed by atoms with E-state index in [0.29, 0.717) is 6.54 Å². The molecule has 0 unspecified atom stereocenters. The van der Waals surface area contributed by atoms with E-state index >= 15 is 0 Å². The largest absolute Gasteiger partial charge is 0.356 e. The molecule has 0 bridgehead atoms. The standard InChI is InChI=1S/C27H56N2O3S/c1-5-6-7-8-9-10-11-12-13-14-15-16-17-18-19-20-25-33(31,32)26-22-27(30)28-23-21-24-29(2,3)4/h5-26H2,1-4H3/p+1. The topological polar surface area (TPSA) is 63.2 Å². The monoisotopic (exact) mass is 489 g/mol. The van der Waals surface area contributed by atoms with Gasteiger partial charge in [-0.2, -0.15) is 0 Å². The van der Waals surface area contributed by atoms with E-state index in [1.54, 1.807) is 0 Å². The van der Waals surface area contributed by atoms with E-state index in [0.717, 1.165) is 36.7 Å². The number of hydrogen-bond acceptors (Lipinski definition) is 3. The van der Waals surface area contributed by atoms with Crippen molar-refractivity contribution < 1.29 is 17.7 Å². The molecule has 0 atom stereocenters. The van der Waals surface area contributed by atoms with Crippen molar-refractivity contribution in [2.24, 2.45) is 0 Å². The SMILES string of the molecule is CCCCCCCCCCCCCCCCCCS(=O)(=O)CCC(=O)NCCC[N+](C)(C)C. The van der Waals surface area contributed by atoms with Crippen LogP contribution in [0.25, 0.3) is 0 Å². The summed E-state index contributed by atoms with van der Waals surface area (Å²) in [5.74, 6) is 0.0552. The Morgan fingerprint density at radius 2 is 1.06 bits per heavy atom. The Morgan fingerprint density at radius 1 is 0.636 bits per heavy atom. The van der Waals surface area contributed by atoms with Crippen LogP contribution in [0.4, 0.5) is 0 Å². The molecule has 0 aliphatic heterocycles. The van der Waals surface area contributed by atoms with Crippen LogP contribution in [0, 0.1) is 0 Å². The molecule has 0 heterocycles. The van der Waals surface area contributed by atoms with Gasteiger partial charge in [-0.25, -0.2) is 8.42 Å². The van der Waals surface area contributed by atoms with Crippen molar-refractivity contribution in [1.82, 2.24) is 5.32 Å². The number of amides is 1. The second kappa shape index (κ2) is 20.7. The average molecular weight is 490 g/mol. The fourth-order valence-corrected chi connectivity index (χ4v) is 5.43. The highest BCUT2D eigenvalue weighted by molar-refractivity contribution is 7.91. The number of quaternary nitrogens is 1. The summed E-state index contributed by atoms with van der Waals surface area (Å²) >= 11 is 0. The summed E-state index contributed by atoms with van der Waals surface area (Å²) in [7, 11) is 3.24. The van der Waals surface area contributed by atoms with Crippen molar-refractivity contribution in [2.75, 3.05) is 45.7 Å². The Hall–Kier alpha value is -0.620. The summed E-state index contributed by atoms with van der Waals surface area (Å²) in [5, 5.41) is 2.84. The van der Waals surface area contributed by atoms with Gasteiger partial charge in [0.15, 0.2) is 9.84 Å². The van der Waals surface area contributed by atoms with Crippen molar-refractivity contribution in [3.8, 4) is 0 Å². The zero-order chi connectivity index (χ0) is 24.8. The lowest BCUT2D eigenvalue weighted by Gasteiger charge is -2.23. The molecule has 0 saturated heterocycles. The summed E-state index contributed by atoms with van der Waals surface area (Å²) in [6, 6.07) is 0. The van der Waals surface area contributed by atoms with Gasteiger partial charge < -0.3 is 9.80 Å². The third kappa shape index (κ3) is 25.8. The van der Waals surface area contributed by atoms with Crippen LogP contribution in [0.3, 0.4) is 0 Å². The molecule has 33 heavy (non-hydrogen) atoms. The molecule has 0 saturated carbocycles. The molecule has 0 rings (SSSR count). The predicted octanol–water partition coefficient (Wildman–Crippen LogP) is 6.27. The van der Waals surface area contributed by atoms with Crippen LogP contribution in [0.2, 0.25) is 0 Å². The van der Waals surface area contributed by atoms with Gasteiger partial charge in [-0.1, -0.05) is 103 Å². The zero-order valence-corrected chi connectivity index (χ0v) is 23.5. The van der Waals surface area contributed by atoms with Crippen molar-refractivity contribution >= 4 is 15.7 Å². The molecule has 1 N–H and O–H groups in total. The van der Waals surface area contributed by atoms with Gasteiger partial charge in [0.05, 0.1) is 39.2 Å². The molecule has 198 valence electrons. The molecular weight excluding hydrogens is 432 g/mol. The van der Waals surface area contributed by atoms with Crippen LogP contribution < -0.4 is 5.32 Å². The zero-order valence-electron chi connectivity index (χ0n) is 22.6. The Morgan fingerprint density at radius 3 is 1.48 bits per heavy atom. The number of sulfone groups is 1. The number of nitrogens with zero attached hydrogens (tertiary/aromatic N) is 1. The number of carbonyl (C=O) groups is 1. The molecule has 0 aromatic carbocycles. The van der Waals surface area contributed by atoms with Crippen LogP contribution in [-0.4, -0.2) is 64.5 Å². The molecule has 6 heteroatoms. The summed E-state index contributed by atoms with van der Waals surface area (Å²) in [6.45, 7) is 3.87. The van der Waals surface area contributed by atoms with E-state index in [9.17, 15) is 13.2 Å². The second-order valence-corrected chi connectivity index (χ2v) is 13.2. The third-order valence-corrected chi connectivity index (χ3v) is 8.01. The summed E-state index contributed by atoms with van der Waals surface area (Å²) in [5.41, 5.74) is 0. The summed E-state index contributed by atoms with van der Waals surface area (Å²) in [6.07, 6.45) is 21.5.